The number of aromatic nitrogens is 2. The summed E-state index contributed by atoms with van der Waals surface area (Å²) in [5.41, 5.74) is 1.05. The third kappa shape index (κ3) is 2.03. The van der Waals surface area contributed by atoms with Crippen molar-refractivity contribution in [3.8, 4) is 0 Å². The average Bonchev–Trinajstić information content (AvgIpc) is 2.85. The SMILES string of the molecule is O=CCCc1ccn(C2CCCC2)n1. The first kappa shape index (κ1) is 9.44. The number of aldehydes is 1. The van der Waals surface area contributed by atoms with Crippen molar-refractivity contribution in [1.29, 1.82) is 0 Å². The van der Waals surface area contributed by atoms with Crippen LogP contribution in [-0.4, -0.2) is 16.1 Å². The highest BCUT2D eigenvalue weighted by Crippen LogP contribution is 2.28. The van der Waals surface area contributed by atoms with Gasteiger partial charge >= 0.3 is 0 Å². The van der Waals surface area contributed by atoms with Crippen LogP contribution in [0, 0.1) is 0 Å². The first-order chi connectivity index (χ1) is 6.90. The van der Waals surface area contributed by atoms with E-state index >= 15 is 0 Å². The molecule has 2 rings (SSSR count). The Morgan fingerprint density at radius 1 is 1.50 bits per heavy atom. The zero-order valence-electron chi connectivity index (χ0n) is 8.35. The molecule has 14 heavy (non-hydrogen) atoms. The highest BCUT2D eigenvalue weighted by Gasteiger charge is 2.17. The zero-order chi connectivity index (χ0) is 9.80. The van der Waals surface area contributed by atoms with Crippen LogP contribution in [0.1, 0.15) is 43.8 Å². The molecule has 0 aromatic carbocycles. The molecule has 0 amide bonds. The molecular formula is C11H16N2O. The molecule has 1 heterocycles. The number of nitrogens with zero attached hydrogens (tertiary/aromatic N) is 2. The Bertz CT molecular complexity index is 300. The first-order valence-corrected chi connectivity index (χ1v) is 5.38. The van der Waals surface area contributed by atoms with Gasteiger partial charge < -0.3 is 4.79 Å². The average molecular weight is 192 g/mol. The summed E-state index contributed by atoms with van der Waals surface area (Å²) >= 11 is 0. The highest BCUT2D eigenvalue weighted by molar-refractivity contribution is 5.49. The van der Waals surface area contributed by atoms with Gasteiger partial charge in [0.05, 0.1) is 11.7 Å². The molecule has 3 heteroatoms. The van der Waals surface area contributed by atoms with E-state index in [-0.39, 0.29) is 0 Å². The minimum Gasteiger partial charge on any atom is -0.303 e. The highest BCUT2D eigenvalue weighted by atomic mass is 16.1. The van der Waals surface area contributed by atoms with Gasteiger partial charge in [0, 0.05) is 12.6 Å². The molecule has 0 atom stereocenters. The van der Waals surface area contributed by atoms with Gasteiger partial charge in [-0.05, 0) is 25.3 Å². The second kappa shape index (κ2) is 4.40. The molecule has 1 aliphatic rings. The van der Waals surface area contributed by atoms with Gasteiger partial charge in [-0.15, -0.1) is 0 Å². The van der Waals surface area contributed by atoms with E-state index in [1.807, 2.05) is 6.07 Å². The van der Waals surface area contributed by atoms with Crippen molar-refractivity contribution in [1.82, 2.24) is 9.78 Å². The van der Waals surface area contributed by atoms with E-state index < -0.39 is 0 Å². The van der Waals surface area contributed by atoms with Gasteiger partial charge in [0.1, 0.15) is 6.29 Å². The number of rotatable bonds is 4. The lowest BCUT2D eigenvalue weighted by atomic mass is 10.2. The van der Waals surface area contributed by atoms with E-state index in [1.165, 1.54) is 25.7 Å². The molecular weight excluding hydrogens is 176 g/mol. The predicted molar refractivity (Wildman–Crippen MR) is 54.1 cm³/mol. The van der Waals surface area contributed by atoms with Crippen LogP contribution in [0.3, 0.4) is 0 Å². The minimum atomic E-state index is 0.585. The number of hydrogen-bond acceptors (Lipinski definition) is 2. The quantitative estimate of drug-likeness (QED) is 0.685. The van der Waals surface area contributed by atoms with Crippen LogP contribution in [0.2, 0.25) is 0 Å². The molecule has 0 bridgehead atoms. The summed E-state index contributed by atoms with van der Waals surface area (Å²) in [5.74, 6) is 0. The smallest absolute Gasteiger partial charge is 0.120 e. The Kier molecular flexibility index (Phi) is 2.96. The molecule has 1 aromatic rings. The van der Waals surface area contributed by atoms with Crippen molar-refractivity contribution in [2.24, 2.45) is 0 Å². The van der Waals surface area contributed by atoms with Crippen molar-refractivity contribution in [2.45, 2.75) is 44.6 Å². The lowest BCUT2D eigenvalue weighted by Gasteiger charge is -2.08. The summed E-state index contributed by atoms with van der Waals surface area (Å²) in [6.45, 7) is 0. The van der Waals surface area contributed by atoms with Crippen molar-refractivity contribution in [3.05, 3.63) is 18.0 Å². The van der Waals surface area contributed by atoms with Gasteiger partial charge in [0.25, 0.3) is 0 Å². The minimum absolute atomic E-state index is 0.585. The van der Waals surface area contributed by atoms with Gasteiger partial charge in [-0.3, -0.25) is 4.68 Å². The number of carbonyl (C=O) groups excluding carboxylic acids is 1. The van der Waals surface area contributed by atoms with E-state index in [1.54, 1.807) is 0 Å². The molecule has 1 aromatic heterocycles. The molecule has 1 fully saturated rings. The second-order valence-electron chi connectivity index (χ2n) is 3.93. The van der Waals surface area contributed by atoms with Crippen molar-refractivity contribution < 1.29 is 4.79 Å². The molecule has 76 valence electrons. The maximum Gasteiger partial charge on any atom is 0.120 e. The number of carbonyl (C=O) groups is 1. The summed E-state index contributed by atoms with van der Waals surface area (Å²) < 4.78 is 2.08. The Hall–Kier alpha value is -1.12. The number of hydrogen-bond donors (Lipinski definition) is 0. The fraction of sp³-hybridized carbons (Fsp3) is 0.636. The normalized spacial score (nSPS) is 17.4. The van der Waals surface area contributed by atoms with Crippen LogP contribution in [0.25, 0.3) is 0 Å². The van der Waals surface area contributed by atoms with Crippen LogP contribution >= 0.6 is 0 Å². The summed E-state index contributed by atoms with van der Waals surface area (Å²) in [7, 11) is 0. The topological polar surface area (TPSA) is 34.9 Å². The molecule has 0 saturated heterocycles. The third-order valence-corrected chi connectivity index (χ3v) is 2.88. The molecule has 0 radical (unpaired) electrons. The van der Waals surface area contributed by atoms with E-state index in [0.29, 0.717) is 12.5 Å². The lowest BCUT2D eigenvalue weighted by Crippen LogP contribution is -2.05. The van der Waals surface area contributed by atoms with E-state index in [0.717, 1.165) is 18.4 Å². The van der Waals surface area contributed by atoms with Gasteiger partial charge in [0.15, 0.2) is 0 Å². The maximum absolute atomic E-state index is 10.2. The maximum atomic E-state index is 10.2. The van der Waals surface area contributed by atoms with E-state index in [9.17, 15) is 4.79 Å². The Labute approximate surface area is 84.1 Å². The second-order valence-corrected chi connectivity index (χ2v) is 3.93. The summed E-state index contributed by atoms with van der Waals surface area (Å²) in [5, 5.41) is 4.49. The molecule has 0 aliphatic heterocycles. The van der Waals surface area contributed by atoms with Crippen LogP contribution in [0.15, 0.2) is 12.3 Å². The number of aryl methyl sites for hydroxylation is 1. The fourth-order valence-electron chi connectivity index (χ4n) is 2.09. The molecule has 0 spiro atoms. The van der Waals surface area contributed by atoms with Gasteiger partial charge in [-0.25, -0.2) is 0 Å². The molecule has 0 N–H and O–H groups in total. The van der Waals surface area contributed by atoms with Crippen LogP contribution in [-0.2, 0) is 11.2 Å². The predicted octanol–water partition coefficient (Wildman–Crippen LogP) is 2.13. The molecule has 1 saturated carbocycles. The molecule has 3 nitrogen and oxygen atoms in total. The summed E-state index contributed by atoms with van der Waals surface area (Å²) in [6, 6.07) is 2.64. The van der Waals surface area contributed by atoms with Crippen molar-refractivity contribution >= 4 is 6.29 Å². The lowest BCUT2D eigenvalue weighted by molar-refractivity contribution is -0.107. The van der Waals surface area contributed by atoms with Gasteiger partial charge in [-0.2, -0.15) is 5.10 Å². The Morgan fingerprint density at radius 2 is 2.29 bits per heavy atom. The third-order valence-electron chi connectivity index (χ3n) is 2.88. The largest absolute Gasteiger partial charge is 0.303 e. The fourth-order valence-corrected chi connectivity index (χ4v) is 2.09. The molecule has 1 aliphatic carbocycles. The monoisotopic (exact) mass is 192 g/mol. The summed E-state index contributed by atoms with van der Waals surface area (Å²) in [4.78, 5) is 10.2. The standard InChI is InChI=1S/C11H16N2O/c14-9-3-4-10-7-8-13(12-10)11-5-1-2-6-11/h7-9,11H,1-6H2. The van der Waals surface area contributed by atoms with Crippen molar-refractivity contribution in [3.63, 3.8) is 0 Å². The van der Waals surface area contributed by atoms with Gasteiger partial charge in [-0.1, -0.05) is 12.8 Å². The molecule has 0 unspecified atom stereocenters. The van der Waals surface area contributed by atoms with E-state index in [2.05, 4.69) is 16.0 Å². The van der Waals surface area contributed by atoms with Gasteiger partial charge in [0.2, 0.25) is 0 Å². The summed E-state index contributed by atoms with van der Waals surface area (Å²) in [6.07, 6.45) is 9.54. The Balaban J connectivity index is 1.97. The van der Waals surface area contributed by atoms with Crippen LogP contribution < -0.4 is 0 Å². The van der Waals surface area contributed by atoms with E-state index in [4.69, 9.17) is 0 Å². The first-order valence-electron chi connectivity index (χ1n) is 5.38. The van der Waals surface area contributed by atoms with Crippen LogP contribution in [0.5, 0.6) is 0 Å². The van der Waals surface area contributed by atoms with Crippen LogP contribution in [0.4, 0.5) is 0 Å². The van der Waals surface area contributed by atoms with Crippen molar-refractivity contribution in [2.75, 3.05) is 0 Å². The Morgan fingerprint density at radius 3 is 3.00 bits per heavy atom. The zero-order valence-corrected chi connectivity index (χ0v) is 8.35.